The van der Waals surface area contributed by atoms with Crippen molar-refractivity contribution in [2.45, 2.75) is 6.18 Å². The van der Waals surface area contributed by atoms with Gasteiger partial charge in [-0.1, -0.05) is 12.1 Å². The summed E-state index contributed by atoms with van der Waals surface area (Å²) < 4.78 is 43.3. The minimum absolute atomic E-state index is 0.0846. The van der Waals surface area contributed by atoms with Crippen LogP contribution in [0.25, 0.3) is 6.08 Å². The number of amides is 1. The maximum atomic E-state index is 12.9. The molecule has 174 valence electrons. The van der Waals surface area contributed by atoms with Crippen molar-refractivity contribution in [2.24, 2.45) is 0 Å². The van der Waals surface area contributed by atoms with Crippen LogP contribution in [0.1, 0.15) is 21.5 Å². The van der Waals surface area contributed by atoms with Crippen LogP contribution in [0.15, 0.2) is 48.5 Å². The maximum absolute atomic E-state index is 12.9. The molecular formula is C22H20F3N3O5. The van der Waals surface area contributed by atoms with Crippen LogP contribution in [-0.2, 0) is 15.7 Å². The minimum atomic E-state index is -4.68. The number of alkyl halides is 3. The first-order chi connectivity index (χ1) is 15.6. The zero-order valence-electron chi connectivity index (χ0n) is 17.5. The van der Waals surface area contributed by atoms with Gasteiger partial charge in [0.2, 0.25) is 5.91 Å². The molecule has 0 aromatic heterocycles. The number of nitrogens with zero attached hydrogens (tertiary/aromatic N) is 3. The summed E-state index contributed by atoms with van der Waals surface area (Å²) in [7, 11) is 1.28. The highest BCUT2D eigenvalue weighted by Crippen LogP contribution is 2.36. The number of halogens is 3. The molecule has 0 radical (unpaired) electrons. The van der Waals surface area contributed by atoms with Crippen molar-refractivity contribution in [1.29, 1.82) is 0 Å². The maximum Gasteiger partial charge on any atom is 0.416 e. The second kappa shape index (κ2) is 9.72. The third-order valence-electron chi connectivity index (χ3n) is 5.18. The number of anilines is 1. The van der Waals surface area contributed by atoms with Crippen LogP contribution in [-0.4, -0.2) is 55.0 Å². The Bertz CT molecular complexity index is 1080. The van der Waals surface area contributed by atoms with Gasteiger partial charge in [-0.25, -0.2) is 4.79 Å². The summed E-state index contributed by atoms with van der Waals surface area (Å²) in [5.41, 5.74) is -0.540. The first-order valence-corrected chi connectivity index (χ1v) is 9.86. The van der Waals surface area contributed by atoms with Gasteiger partial charge in [-0.2, -0.15) is 13.2 Å². The Hall–Kier alpha value is -3.89. The van der Waals surface area contributed by atoms with Gasteiger partial charge >= 0.3 is 12.1 Å². The van der Waals surface area contributed by atoms with Gasteiger partial charge < -0.3 is 14.5 Å². The molecular weight excluding hydrogens is 443 g/mol. The third kappa shape index (κ3) is 5.68. The Morgan fingerprint density at radius 1 is 1.06 bits per heavy atom. The molecule has 1 fully saturated rings. The van der Waals surface area contributed by atoms with E-state index in [1.54, 1.807) is 40.1 Å². The smallest absolute Gasteiger partial charge is 0.416 e. The van der Waals surface area contributed by atoms with Gasteiger partial charge in [-0.15, -0.1) is 0 Å². The molecule has 0 bridgehead atoms. The summed E-state index contributed by atoms with van der Waals surface area (Å²) in [4.78, 5) is 37.6. The lowest BCUT2D eigenvalue weighted by molar-refractivity contribution is -0.384. The highest BCUT2D eigenvalue weighted by molar-refractivity contribution is 5.92. The molecule has 1 aliphatic rings. The van der Waals surface area contributed by atoms with Crippen molar-refractivity contribution in [3.63, 3.8) is 0 Å². The summed E-state index contributed by atoms with van der Waals surface area (Å²) in [5.74, 6) is -0.735. The summed E-state index contributed by atoms with van der Waals surface area (Å²) in [6.07, 6.45) is -1.71. The summed E-state index contributed by atoms with van der Waals surface area (Å²) >= 11 is 0. The molecule has 33 heavy (non-hydrogen) atoms. The van der Waals surface area contributed by atoms with Gasteiger partial charge in [0.25, 0.3) is 5.69 Å². The van der Waals surface area contributed by atoms with Gasteiger partial charge in [0.1, 0.15) is 5.69 Å². The Morgan fingerprint density at radius 2 is 1.70 bits per heavy atom. The number of carbonyl (C=O) groups excluding carboxylic acids is 2. The van der Waals surface area contributed by atoms with Crippen LogP contribution in [0.2, 0.25) is 0 Å². The molecule has 0 N–H and O–H groups in total. The van der Waals surface area contributed by atoms with Crippen molar-refractivity contribution in [1.82, 2.24) is 4.90 Å². The standard InChI is InChI=1S/C22H20F3N3O5/c1-33-21(30)16-5-2-15(3-6-16)4-9-20(29)27-12-10-26(11-13-27)18-8-7-17(22(23,24)25)14-19(18)28(31)32/h2-9,14H,10-13H2,1H3/b9-4+. The number of nitro groups is 1. The van der Waals surface area contributed by atoms with Crippen molar-refractivity contribution >= 4 is 29.3 Å². The van der Waals surface area contributed by atoms with Crippen LogP contribution in [0.5, 0.6) is 0 Å². The van der Waals surface area contributed by atoms with E-state index in [2.05, 4.69) is 4.74 Å². The number of piperazine rings is 1. The van der Waals surface area contributed by atoms with E-state index in [-0.39, 0.29) is 37.8 Å². The van der Waals surface area contributed by atoms with E-state index in [0.29, 0.717) is 17.2 Å². The van der Waals surface area contributed by atoms with E-state index < -0.39 is 28.3 Å². The van der Waals surface area contributed by atoms with E-state index in [1.807, 2.05) is 0 Å². The van der Waals surface area contributed by atoms with Gasteiger partial charge in [0.05, 0.1) is 23.2 Å². The van der Waals surface area contributed by atoms with E-state index in [1.165, 1.54) is 13.2 Å². The van der Waals surface area contributed by atoms with Crippen LogP contribution in [0.3, 0.4) is 0 Å². The van der Waals surface area contributed by atoms with Gasteiger partial charge in [-0.3, -0.25) is 14.9 Å². The largest absolute Gasteiger partial charge is 0.465 e. The molecule has 2 aromatic rings. The highest BCUT2D eigenvalue weighted by atomic mass is 19.4. The topological polar surface area (TPSA) is 93.0 Å². The zero-order chi connectivity index (χ0) is 24.2. The molecule has 2 aromatic carbocycles. The fourth-order valence-electron chi connectivity index (χ4n) is 3.40. The van der Waals surface area contributed by atoms with Crippen LogP contribution in [0.4, 0.5) is 24.5 Å². The van der Waals surface area contributed by atoms with E-state index in [9.17, 15) is 32.9 Å². The quantitative estimate of drug-likeness (QED) is 0.290. The Labute approximate surface area is 187 Å². The summed E-state index contributed by atoms with van der Waals surface area (Å²) in [6.45, 7) is 0.977. The Kier molecular flexibility index (Phi) is 7.00. The monoisotopic (exact) mass is 463 g/mol. The van der Waals surface area contributed by atoms with Gasteiger partial charge in [0.15, 0.2) is 0 Å². The van der Waals surface area contributed by atoms with Crippen molar-refractivity contribution < 1.29 is 32.4 Å². The second-order valence-corrected chi connectivity index (χ2v) is 7.22. The van der Waals surface area contributed by atoms with Gasteiger partial charge in [-0.05, 0) is 35.9 Å². The SMILES string of the molecule is COC(=O)c1ccc(/C=C/C(=O)N2CCN(c3ccc(C(F)(F)F)cc3[N+](=O)[O-])CC2)cc1. The number of hydrogen-bond acceptors (Lipinski definition) is 6. The summed E-state index contributed by atoms with van der Waals surface area (Å²) in [6, 6.07) is 8.92. The molecule has 11 heteroatoms. The molecule has 1 saturated heterocycles. The molecule has 1 amide bonds. The summed E-state index contributed by atoms with van der Waals surface area (Å²) in [5, 5.41) is 11.3. The Morgan fingerprint density at radius 3 is 2.24 bits per heavy atom. The third-order valence-corrected chi connectivity index (χ3v) is 5.18. The lowest BCUT2D eigenvalue weighted by Gasteiger charge is -2.35. The molecule has 1 heterocycles. The van der Waals surface area contributed by atoms with Crippen LogP contribution in [0, 0.1) is 10.1 Å². The number of rotatable bonds is 5. The fraction of sp³-hybridized carbons (Fsp3) is 0.273. The number of benzene rings is 2. The normalized spacial score (nSPS) is 14.4. The van der Waals surface area contributed by atoms with Gasteiger partial charge in [0, 0.05) is 38.3 Å². The predicted octanol–water partition coefficient (Wildman–Crippen LogP) is 3.76. The number of esters is 1. The number of methoxy groups -OCH3 is 1. The second-order valence-electron chi connectivity index (χ2n) is 7.22. The van der Waals surface area contributed by atoms with Crippen LogP contribution >= 0.6 is 0 Å². The van der Waals surface area contributed by atoms with Crippen molar-refractivity contribution in [3.8, 4) is 0 Å². The lowest BCUT2D eigenvalue weighted by Crippen LogP contribution is -2.48. The Balaban J connectivity index is 1.64. The van der Waals surface area contributed by atoms with Crippen LogP contribution < -0.4 is 4.90 Å². The molecule has 0 saturated carbocycles. The molecule has 8 nitrogen and oxygen atoms in total. The number of carbonyl (C=O) groups is 2. The molecule has 0 aliphatic carbocycles. The molecule has 0 spiro atoms. The fourth-order valence-corrected chi connectivity index (χ4v) is 3.40. The zero-order valence-corrected chi connectivity index (χ0v) is 17.5. The number of ether oxygens (including phenoxy) is 1. The molecule has 0 unspecified atom stereocenters. The van der Waals surface area contributed by atoms with Crippen molar-refractivity contribution in [2.75, 3.05) is 38.2 Å². The molecule has 0 atom stereocenters. The van der Waals surface area contributed by atoms with Crippen molar-refractivity contribution in [3.05, 3.63) is 75.3 Å². The number of hydrogen-bond donors (Lipinski definition) is 0. The molecule has 3 rings (SSSR count). The average Bonchev–Trinajstić information content (AvgIpc) is 2.81. The average molecular weight is 463 g/mol. The van der Waals surface area contributed by atoms with E-state index in [4.69, 9.17) is 0 Å². The lowest BCUT2D eigenvalue weighted by atomic mass is 10.1. The minimum Gasteiger partial charge on any atom is -0.465 e. The number of nitro benzene ring substituents is 1. The van der Waals surface area contributed by atoms with E-state index in [0.717, 1.165) is 12.1 Å². The predicted molar refractivity (Wildman–Crippen MR) is 114 cm³/mol. The molecule has 1 aliphatic heterocycles. The first-order valence-electron chi connectivity index (χ1n) is 9.86. The first kappa shape index (κ1) is 23.8. The highest BCUT2D eigenvalue weighted by Gasteiger charge is 2.34. The van der Waals surface area contributed by atoms with E-state index >= 15 is 0 Å².